The lowest BCUT2D eigenvalue weighted by molar-refractivity contribution is -0.111. The molecule has 0 saturated carbocycles. The van der Waals surface area contributed by atoms with Gasteiger partial charge in [0.25, 0.3) is 0 Å². The second-order valence-corrected chi connectivity index (χ2v) is 5.82. The summed E-state index contributed by atoms with van der Waals surface area (Å²) in [5.41, 5.74) is 6.23. The number of methoxy groups -OCH3 is 1. The van der Waals surface area contributed by atoms with E-state index in [9.17, 15) is 4.79 Å². The van der Waals surface area contributed by atoms with E-state index in [2.05, 4.69) is 5.32 Å². The first kappa shape index (κ1) is 16.8. The quantitative estimate of drug-likeness (QED) is 0.839. The van der Waals surface area contributed by atoms with E-state index in [1.165, 1.54) is 0 Å². The summed E-state index contributed by atoms with van der Waals surface area (Å²) in [6.07, 6.45) is 3.42. The van der Waals surface area contributed by atoms with Gasteiger partial charge in [-0.15, -0.1) is 0 Å². The van der Waals surface area contributed by atoms with Gasteiger partial charge >= 0.3 is 0 Å². The van der Waals surface area contributed by atoms with Gasteiger partial charge in [-0.1, -0.05) is 12.1 Å². The van der Waals surface area contributed by atoms with E-state index in [0.29, 0.717) is 0 Å². The molecular formula is C20H23NO2. The minimum absolute atomic E-state index is 0.131. The average molecular weight is 309 g/mol. The molecule has 0 fully saturated rings. The van der Waals surface area contributed by atoms with Crippen LogP contribution in [0.2, 0.25) is 0 Å². The third-order valence-electron chi connectivity index (χ3n) is 3.86. The summed E-state index contributed by atoms with van der Waals surface area (Å²) in [7, 11) is 1.65. The highest BCUT2D eigenvalue weighted by molar-refractivity contribution is 6.02. The first-order valence-electron chi connectivity index (χ1n) is 7.62. The molecule has 3 heteroatoms. The standard InChI is InChI=1S/C20H23NO2/c1-13-6-7-14(2)19(10-13)21-20(22)9-8-18-15(3)11-17(23-5)12-16(18)4/h6-12H,1-5H3,(H,21,22)/b9-8+. The van der Waals surface area contributed by atoms with Gasteiger partial charge in [-0.25, -0.2) is 0 Å². The molecule has 120 valence electrons. The van der Waals surface area contributed by atoms with Crippen molar-refractivity contribution >= 4 is 17.7 Å². The maximum atomic E-state index is 12.2. The molecule has 0 aliphatic carbocycles. The largest absolute Gasteiger partial charge is 0.497 e. The number of benzene rings is 2. The van der Waals surface area contributed by atoms with E-state index >= 15 is 0 Å². The van der Waals surface area contributed by atoms with E-state index in [-0.39, 0.29) is 5.91 Å². The Bertz CT molecular complexity index is 737. The lowest BCUT2D eigenvalue weighted by Crippen LogP contribution is -2.09. The number of nitrogens with one attached hydrogen (secondary N) is 1. The monoisotopic (exact) mass is 309 g/mol. The predicted molar refractivity (Wildman–Crippen MR) is 96.0 cm³/mol. The number of rotatable bonds is 4. The zero-order valence-electron chi connectivity index (χ0n) is 14.4. The molecule has 0 aliphatic rings. The van der Waals surface area contributed by atoms with Crippen molar-refractivity contribution in [3.05, 3.63) is 64.2 Å². The van der Waals surface area contributed by atoms with Crippen LogP contribution in [-0.4, -0.2) is 13.0 Å². The topological polar surface area (TPSA) is 38.3 Å². The molecule has 1 amide bonds. The van der Waals surface area contributed by atoms with Gasteiger partial charge in [0.2, 0.25) is 5.91 Å². The van der Waals surface area contributed by atoms with E-state index in [0.717, 1.165) is 39.3 Å². The van der Waals surface area contributed by atoms with Crippen LogP contribution in [0, 0.1) is 27.7 Å². The lowest BCUT2D eigenvalue weighted by Gasteiger charge is -2.09. The Kier molecular flexibility index (Phi) is 5.22. The van der Waals surface area contributed by atoms with Crippen molar-refractivity contribution in [2.45, 2.75) is 27.7 Å². The molecule has 1 N–H and O–H groups in total. The van der Waals surface area contributed by atoms with Crippen LogP contribution in [0.25, 0.3) is 6.08 Å². The number of amides is 1. The van der Waals surface area contributed by atoms with Gasteiger partial charge in [0.1, 0.15) is 5.75 Å². The Morgan fingerprint density at radius 2 is 1.65 bits per heavy atom. The van der Waals surface area contributed by atoms with Crippen molar-refractivity contribution in [1.82, 2.24) is 0 Å². The van der Waals surface area contributed by atoms with Gasteiger partial charge in [0.15, 0.2) is 0 Å². The highest BCUT2D eigenvalue weighted by Crippen LogP contribution is 2.23. The SMILES string of the molecule is COc1cc(C)c(/C=C/C(=O)Nc2cc(C)ccc2C)c(C)c1. The molecule has 0 spiro atoms. The minimum atomic E-state index is -0.131. The minimum Gasteiger partial charge on any atom is -0.497 e. The molecule has 0 aliphatic heterocycles. The molecule has 2 aromatic rings. The molecule has 0 radical (unpaired) electrons. The lowest BCUT2D eigenvalue weighted by atomic mass is 10.0. The highest BCUT2D eigenvalue weighted by atomic mass is 16.5. The number of hydrogen-bond acceptors (Lipinski definition) is 2. The van der Waals surface area contributed by atoms with E-state index in [1.807, 2.05) is 64.1 Å². The molecule has 2 aromatic carbocycles. The summed E-state index contributed by atoms with van der Waals surface area (Å²) in [6, 6.07) is 9.95. The predicted octanol–water partition coefficient (Wildman–Crippen LogP) is 4.58. The Balaban J connectivity index is 2.17. The van der Waals surface area contributed by atoms with Crippen LogP contribution in [0.3, 0.4) is 0 Å². The second kappa shape index (κ2) is 7.14. The number of carbonyl (C=O) groups is 1. The molecule has 0 saturated heterocycles. The van der Waals surface area contributed by atoms with Crippen molar-refractivity contribution in [2.24, 2.45) is 0 Å². The Morgan fingerprint density at radius 3 is 2.26 bits per heavy atom. The van der Waals surface area contributed by atoms with Gasteiger partial charge in [0, 0.05) is 11.8 Å². The van der Waals surface area contributed by atoms with Gasteiger partial charge in [0.05, 0.1) is 7.11 Å². The van der Waals surface area contributed by atoms with Crippen LogP contribution in [0.5, 0.6) is 5.75 Å². The normalized spacial score (nSPS) is 10.8. The fourth-order valence-corrected chi connectivity index (χ4v) is 2.52. The second-order valence-electron chi connectivity index (χ2n) is 5.82. The summed E-state index contributed by atoms with van der Waals surface area (Å²) >= 11 is 0. The van der Waals surface area contributed by atoms with Crippen molar-refractivity contribution in [2.75, 3.05) is 12.4 Å². The van der Waals surface area contributed by atoms with Crippen LogP contribution in [0.4, 0.5) is 5.69 Å². The fourth-order valence-electron chi connectivity index (χ4n) is 2.52. The zero-order chi connectivity index (χ0) is 17.0. The Labute approximate surface area is 138 Å². The van der Waals surface area contributed by atoms with Gasteiger partial charge in [-0.3, -0.25) is 4.79 Å². The van der Waals surface area contributed by atoms with Crippen molar-refractivity contribution in [3.8, 4) is 5.75 Å². The highest BCUT2D eigenvalue weighted by Gasteiger charge is 2.05. The van der Waals surface area contributed by atoms with Crippen LogP contribution >= 0.6 is 0 Å². The van der Waals surface area contributed by atoms with Crippen molar-refractivity contribution in [3.63, 3.8) is 0 Å². The molecule has 0 aromatic heterocycles. The molecule has 23 heavy (non-hydrogen) atoms. The van der Waals surface area contributed by atoms with Crippen molar-refractivity contribution in [1.29, 1.82) is 0 Å². The maximum Gasteiger partial charge on any atom is 0.248 e. The zero-order valence-corrected chi connectivity index (χ0v) is 14.4. The van der Waals surface area contributed by atoms with Crippen LogP contribution in [0.15, 0.2) is 36.4 Å². The summed E-state index contributed by atoms with van der Waals surface area (Å²) in [5, 5.41) is 2.93. The van der Waals surface area contributed by atoms with Crippen LogP contribution in [0.1, 0.15) is 27.8 Å². The Hall–Kier alpha value is -2.55. The molecule has 3 nitrogen and oxygen atoms in total. The van der Waals surface area contributed by atoms with E-state index in [4.69, 9.17) is 4.74 Å². The third kappa shape index (κ3) is 4.22. The average Bonchev–Trinajstić information content (AvgIpc) is 2.49. The van der Waals surface area contributed by atoms with Gasteiger partial charge < -0.3 is 10.1 Å². The number of aryl methyl sites for hydroxylation is 4. The molecule has 0 atom stereocenters. The van der Waals surface area contributed by atoms with Gasteiger partial charge in [-0.2, -0.15) is 0 Å². The summed E-state index contributed by atoms with van der Waals surface area (Å²) < 4.78 is 5.26. The molecule has 0 unspecified atom stereocenters. The van der Waals surface area contributed by atoms with Crippen LogP contribution < -0.4 is 10.1 Å². The fraction of sp³-hybridized carbons (Fsp3) is 0.250. The summed E-state index contributed by atoms with van der Waals surface area (Å²) in [6.45, 7) is 8.02. The van der Waals surface area contributed by atoms with Crippen molar-refractivity contribution < 1.29 is 9.53 Å². The molecule has 2 rings (SSSR count). The van der Waals surface area contributed by atoms with Gasteiger partial charge in [-0.05, 0) is 79.8 Å². The first-order chi connectivity index (χ1) is 10.9. The molecule has 0 heterocycles. The molecular weight excluding hydrogens is 286 g/mol. The first-order valence-corrected chi connectivity index (χ1v) is 7.62. The smallest absolute Gasteiger partial charge is 0.248 e. The van der Waals surface area contributed by atoms with Crippen LogP contribution in [-0.2, 0) is 4.79 Å². The maximum absolute atomic E-state index is 12.2. The number of hydrogen-bond donors (Lipinski definition) is 1. The summed E-state index contributed by atoms with van der Waals surface area (Å²) in [5.74, 6) is 0.699. The van der Waals surface area contributed by atoms with E-state index < -0.39 is 0 Å². The number of anilines is 1. The van der Waals surface area contributed by atoms with E-state index in [1.54, 1.807) is 13.2 Å². The third-order valence-corrected chi connectivity index (χ3v) is 3.86. The number of carbonyl (C=O) groups excluding carboxylic acids is 1. The molecule has 0 bridgehead atoms. The Morgan fingerprint density at radius 1 is 1.00 bits per heavy atom. The summed E-state index contributed by atoms with van der Waals surface area (Å²) in [4.78, 5) is 12.2. The number of ether oxygens (including phenoxy) is 1.